The molecule has 1 rings (SSSR count). The van der Waals surface area contributed by atoms with Crippen LogP contribution < -0.4 is 4.57 Å². The average Bonchev–Trinajstić information content (AvgIpc) is 2.76. The molecule has 31 heavy (non-hydrogen) atoms. The number of hydrogen-bond donors (Lipinski definition) is 0. The molecule has 1 heterocycles. The van der Waals surface area contributed by atoms with Crippen LogP contribution in [-0.2, 0) is 19.9 Å². The van der Waals surface area contributed by atoms with Gasteiger partial charge in [-0.05, 0) is 31.7 Å². The molecule has 0 bridgehead atoms. The van der Waals surface area contributed by atoms with Gasteiger partial charge in [-0.25, -0.2) is 4.57 Å². The third kappa shape index (κ3) is 17.4. The Bertz CT molecular complexity index is 465. The lowest BCUT2D eigenvalue weighted by Gasteiger charge is -2.05. The van der Waals surface area contributed by atoms with Crippen molar-refractivity contribution >= 4 is 0 Å². The van der Waals surface area contributed by atoms with E-state index < -0.39 is 0 Å². The van der Waals surface area contributed by atoms with Crippen molar-refractivity contribution in [1.29, 1.82) is 0 Å². The lowest BCUT2D eigenvalue weighted by Crippen LogP contribution is -2.28. The topological polar surface area (TPSA) is 3.88 Å². The Kier molecular flexibility index (Phi) is 19.1. The van der Waals surface area contributed by atoms with Crippen molar-refractivity contribution < 1.29 is 4.57 Å². The smallest absolute Gasteiger partial charge is 0.171 e. The van der Waals surface area contributed by atoms with Crippen LogP contribution in [0.2, 0.25) is 0 Å². The van der Waals surface area contributed by atoms with Gasteiger partial charge in [-0.2, -0.15) is 0 Å². The van der Waals surface area contributed by atoms with E-state index in [9.17, 15) is 0 Å². The molecule has 0 amide bonds. The van der Waals surface area contributed by atoms with Gasteiger partial charge in [-0.3, -0.25) is 0 Å². The molecule has 180 valence electrons. The molecule has 1 nitrogen and oxygen atoms in total. The van der Waals surface area contributed by atoms with Crippen molar-refractivity contribution in [3.63, 3.8) is 0 Å². The van der Waals surface area contributed by atoms with Gasteiger partial charge < -0.3 is 0 Å². The second-order valence-corrected chi connectivity index (χ2v) is 10.1. The van der Waals surface area contributed by atoms with Gasteiger partial charge in [0.05, 0.1) is 0 Å². The number of nitrogens with zero attached hydrogens (tertiary/aromatic N) is 1. The third-order valence-corrected chi connectivity index (χ3v) is 6.75. The highest BCUT2D eigenvalue weighted by atomic mass is 14.9. The maximum Gasteiger partial charge on any atom is 0.171 e. The van der Waals surface area contributed by atoms with Crippen molar-refractivity contribution in [3.05, 3.63) is 29.6 Å². The first kappa shape index (κ1) is 28.2. The molecule has 1 aromatic heterocycles. The molecule has 0 saturated heterocycles. The fraction of sp³-hybridized carbons (Fsp3) is 0.833. The van der Waals surface area contributed by atoms with E-state index in [2.05, 4.69) is 43.9 Å². The third-order valence-electron chi connectivity index (χ3n) is 6.75. The van der Waals surface area contributed by atoms with Gasteiger partial charge in [0.25, 0.3) is 0 Å². The molecular weight excluding hydrogens is 374 g/mol. The maximum atomic E-state index is 2.49. The molecule has 0 aliphatic rings. The van der Waals surface area contributed by atoms with E-state index in [4.69, 9.17) is 0 Å². The normalized spacial score (nSPS) is 11.3. The van der Waals surface area contributed by atoms with Gasteiger partial charge in [0.1, 0.15) is 7.05 Å². The molecule has 0 fully saturated rings. The zero-order valence-electron chi connectivity index (χ0n) is 21.7. The van der Waals surface area contributed by atoms with Gasteiger partial charge >= 0.3 is 0 Å². The summed E-state index contributed by atoms with van der Waals surface area (Å²) in [6.45, 7) is 4.60. The highest BCUT2D eigenvalue weighted by Crippen LogP contribution is 2.15. The molecule has 0 atom stereocenters. The van der Waals surface area contributed by atoms with Crippen LogP contribution in [0.15, 0.2) is 18.5 Å². The van der Waals surface area contributed by atoms with E-state index in [1.165, 1.54) is 141 Å². The van der Waals surface area contributed by atoms with Gasteiger partial charge in [0.2, 0.25) is 0 Å². The molecule has 1 aromatic rings. The zero-order chi connectivity index (χ0) is 22.4. The van der Waals surface area contributed by atoms with Crippen molar-refractivity contribution in [2.24, 2.45) is 7.05 Å². The van der Waals surface area contributed by atoms with E-state index >= 15 is 0 Å². The molecule has 0 aromatic carbocycles. The Labute approximate surface area is 196 Å². The van der Waals surface area contributed by atoms with Crippen molar-refractivity contribution in [1.82, 2.24) is 0 Å². The van der Waals surface area contributed by atoms with Crippen LogP contribution >= 0.6 is 0 Å². The first-order chi connectivity index (χ1) is 15.3. The zero-order valence-corrected chi connectivity index (χ0v) is 21.7. The van der Waals surface area contributed by atoms with Crippen LogP contribution in [0.25, 0.3) is 0 Å². The van der Waals surface area contributed by atoms with Gasteiger partial charge in [0, 0.05) is 11.1 Å². The second-order valence-electron chi connectivity index (χ2n) is 10.1. The van der Waals surface area contributed by atoms with Crippen LogP contribution in [0, 0.1) is 0 Å². The molecule has 0 aliphatic heterocycles. The minimum absolute atomic E-state index is 1.26. The summed E-state index contributed by atoms with van der Waals surface area (Å²) in [7, 11) is 2.20. The van der Waals surface area contributed by atoms with Crippen LogP contribution in [-0.4, -0.2) is 0 Å². The fourth-order valence-corrected chi connectivity index (χ4v) is 4.78. The summed E-state index contributed by atoms with van der Waals surface area (Å²) >= 11 is 0. The minimum Gasteiger partial charge on any atom is -0.207 e. The molecule has 0 aliphatic carbocycles. The monoisotopic (exact) mass is 430 g/mol. The van der Waals surface area contributed by atoms with E-state index in [1.807, 2.05) is 0 Å². The van der Waals surface area contributed by atoms with Crippen LogP contribution in [0.1, 0.15) is 153 Å². The summed E-state index contributed by atoms with van der Waals surface area (Å²) in [5, 5.41) is 0. The van der Waals surface area contributed by atoms with Crippen molar-refractivity contribution in [2.75, 3.05) is 0 Å². The van der Waals surface area contributed by atoms with E-state index in [0.29, 0.717) is 0 Å². The molecule has 0 N–H and O–H groups in total. The van der Waals surface area contributed by atoms with Gasteiger partial charge in [-0.1, -0.05) is 129 Å². The lowest BCUT2D eigenvalue weighted by molar-refractivity contribution is -0.672. The Morgan fingerprint density at radius 2 is 0.742 bits per heavy atom. The van der Waals surface area contributed by atoms with Crippen LogP contribution in [0.5, 0.6) is 0 Å². The fourth-order valence-electron chi connectivity index (χ4n) is 4.78. The first-order valence-corrected chi connectivity index (χ1v) is 14.2. The van der Waals surface area contributed by atoms with Gasteiger partial charge in [-0.15, -0.1) is 0 Å². The average molecular weight is 431 g/mol. The highest BCUT2D eigenvalue weighted by molar-refractivity contribution is 5.15. The quantitative estimate of drug-likeness (QED) is 0.127. The number of aromatic nitrogens is 1. The summed E-state index contributed by atoms with van der Waals surface area (Å²) in [5.41, 5.74) is 3.10. The number of aryl methyl sites for hydroxylation is 3. The van der Waals surface area contributed by atoms with Crippen molar-refractivity contribution in [2.45, 2.75) is 155 Å². The predicted molar refractivity (Wildman–Crippen MR) is 139 cm³/mol. The van der Waals surface area contributed by atoms with E-state index in [1.54, 1.807) is 11.1 Å². The number of hydrogen-bond acceptors (Lipinski definition) is 0. The molecule has 0 spiro atoms. The van der Waals surface area contributed by atoms with Crippen molar-refractivity contribution in [3.8, 4) is 0 Å². The van der Waals surface area contributed by atoms with E-state index in [-0.39, 0.29) is 0 Å². The summed E-state index contributed by atoms with van der Waals surface area (Å²) < 4.78 is 2.29. The van der Waals surface area contributed by atoms with Gasteiger partial charge in [0.15, 0.2) is 12.4 Å². The number of rotatable bonds is 22. The summed E-state index contributed by atoms with van der Waals surface area (Å²) in [5.74, 6) is 0. The standard InChI is InChI=1S/C30H56N/c1-4-6-8-10-12-14-16-18-20-22-24-29-26-30(28-31(3)27-29)25-23-21-19-17-15-13-11-9-7-5-2/h26-28H,4-25H2,1-3H3/q+1. The SMILES string of the molecule is CCCCCCCCCCCCc1cc(CCCCCCCCCCCC)c[n+](C)c1. The summed E-state index contributed by atoms with van der Waals surface area (Å²) in [4.78, 5) is 0. The first-order valence-electron chi connectivity index (χ1n) is 14.2. The van der Waals surface area contributed by atoms with E-state index in [0.717, 1.165) is 0 Å². The molecular formula is C30H56N+. The lowest BCUT2D eigenvalue weighted by atomic mass is 10.0. The maximum absolute atomic E-state index is 2.49. The Balaban J connectivity index is 2.06. The number of unbranched alkanes of at least 4 members (excludes halogenated alkanes) is 18. The Morgan fingerprint density at radius 3 is 1.06 bits per heavy atom. The second kappa shape index (κ2) is 21.0. The molecule has 1 heteroatoms. The largest absolute Gasteiger partial charge is 0.207 e. The van der Waals surface area contributed by atoms with Crippen LogP contribution in [0.4, 0.5) is 0 Å². The van der Waals surface area contributed by atoms with Crippen LogP contribution in [0.3, 0.4) is 0 Å². The highest BCUT2D eigenvalue weighted by Gasteiger charge is 2.05. The minimum atomic E-state index is 1.26. The molecule has 0 unspecified atom stereocenters. The molecule has 0 radical (unpaired) electrons. The summed E-state index contributed by atoms with van der Waals surface area (Å²) in [6.07, 6.45) is 35.7. The number of pyridine rings is 1. The Morgan fingerprint density at radius 1 is 0.452 bits per heavy atom. The molecule has 0 saturated carbocycles. The predicted octanol–water partition coefficient (Wildman–Crippen LogP) is 9.44. The summed E-state index contributed by atoms with van der Waals surface area (Å²) in [6, 6.07) is 2.49. The Hall–Kier alpha value is -0.850.